The average molecular weight is 359 g/mol. The Bertz CT molecular complexity index is 872. The standard InChI is InChI=1S/C22H21N3S/c1-17(24-25-22(26)23-16-18-8-4-2-5-9-18)19-12-14-21(15-13-19)20-10-6-3-7-11-20/h2-15H,16H2,1H3,(H2,23,25,26). The molecule has 0 aliphatic carbocycles. The van der Waals surface area contributed by atoms with E-state index < -0.39 is 0 Å². The Kier molecular flexibility index (Phi) is 6.12. The number of hydrogen-bond acceptors (Lipinski definition) is 2. The summed E-state index contributed by atoms with van der Waals surface area (Å²) < 4.78 is 0. The third-order valence-corrected chi connectivity index (χ3v) is 4.27. The Morgan fingerprint density at radius 2 is 1.38 bits per heavy atom. The van der Waals surface area contributed by atoms with Crippen LogP contribution in [-0.4, -0.2) is 10.8 Å². The summed E-state index contributed by atoms with van der Waals surface area (Å²) in [6.07, 6.45) is 0. The smallest absolute Gasteiger partial charge is 0.187 e. The van der Waals surface area contributed by atoms with Gasteiger partial charge in [-0.2, -0.15) is 5.10 Å². The molecule has 0 bridgehead atoms. The van der Waals surface area contributed by atoms with Crippen LogP contribution in [0, 0.1) is 0 Å². The van der Waals surface area contributed by atoms with E-state index in [1.54, 1.807) is 0 Å². The number of nitrogens with one attached hydrogen (secondary N) is 2. The molecule has 2 N–H and O–H groups in total. The second-order valence-electron chi connectivity index (χ2n) is 5.92. The minimum Gasteiger partial charge on any atom is -0.357 e. The number of thiocarbonyl (C=S) groups is 1. The van der Waals surface area contributed by atoms with Crippen LogP contribution in [0.2, 0.25) is 0 Å². The first-order valence-electron chi connectivity index (χ1n) is 8.50. The molecule has 0 unspecified atom stereocenters. The summed E-state index contributed by atoms with van der Waals surface area (Å²) in [7, 11) is 0. The lowest BCUT2D eigenvalue weighted by molar-refractivity contribution is 0.866. The van der Waals surface area contributed by atoms with Crippen molar-refractivity contribution in [1.29, 1.82) is 0 Å². The maximum Gasteiger partial charge on any atom is 0.187 e. The van der Waals surface area contributed by atoms with Crippen LogP contribution in [0.1, 0.15) is 18.1 Å². The molecule has 0 fully saturated rings. The Labute approximate surface area is 159 Å². The SMILES string of the molecule is CC(=NNC(=S)NCc1ccccc1)c1ccc(-c2ccccc2)cc1. The molecule has 3 aromatic rings. The van der Waals surface area contributed by atoms with Crippen LogP contribution < -0.4 is 10.7 Å². The third-order valence-electron chi connectivity index (χ3n) is 4.03. The van der Waals surface area contributed by atoms with E-state index in [-0.39, 0.29) is 0 Å². The first-order valence-corrected chi connectivity index (χ1v) is 8.91. The molecule has 3 rings (SSSR count). The van der Waals surface area contributed by atoms with Crippen molar-refractivity contribution in [3.8, 4) is 11.1 Å². The minimum absolute atomic E-state index is 0.508. The van der Waals surface area contributed by atoms with Gasteiger partial charge >= 0.3 is 0 Å². The minimum atomic E-state index is 0.508. The fourth-order valence-corrected chi connectivity index (χ4v) is 2.67. The molecule has 26 heavy (non-hydrogen) atoms. The molecule has 0 saturated heterocycles. The first-order chi connectivity index (χ1) is 12.7. The van der Waals surface area contributed by atoms with Crippen molar-refractivity contribution in [2.75, 3.05) is 0 Å². The van der Waals surface area contributed by atoms with E-state index in [4.69, 9.17) is 12.2 Å². The van der Waals surface area contributed by atoms with Crippen molar-refractivity contribution < 1.29 is 0 Å². The zero-order chi connectivity index (χ0) is 18.2. The van der Waals surface area contributed by atoms with E-state index in [1.807, 2.05) is 43.3 Å². The summed E-state index contributed by atoms with van der Waals surface area (Å²) >= 11 is 5.28. The van der Waals surface area contributed by atoms with Gasteiger partial charge in [0.25, 0.3) is 0 Å². The van der Waals surface area contributed by atoms with Crippen molar-refractivity contribution in [3.05, 3.63) is 96.1 Å². The molecular formula is C22H21N3S. The van der Waals surface area contributed by atoms with E-state index in [1.165, 1.54) is 16.7 Å². The molecule has 0 atom stereocenters. The van der Waals surface area contributed by atoms with Gasteiger partial charge in [-0.3, -0.25) is 5.43 Å². The van der Waals surface area contributed by atoms with Gasteiger partial charge in [-0.15, -0.1) is 0 Å². The molecule has 4 heteroatoms. The van der Waals surface area contributed by atoms with Crippen molar-refractivity contribution in [3.63, 3.8) is 0 Å². The van der Waals surface area contributed by atoms with E-state index >= 15 is 0 Å². The number of hydrazone groups is 1. The number of hydrogen-bond donors (Lipinski definition) is 2. The fraction of sp³-hybridized carbons (Fsp3) is 0.0909. The van der Waals surface area contributed by atoms with Gasteiger partial charge in [0.05, 0.1) is 5.71 Å². The molecule has 0 saturated carbocycles. The first kappa shape index (κ1) is 17.8. The average Bonchev–Trinajstić information content (AvgIpc) is 2.72. The molecule has 0 aromatic heterocycles. The van der Waals surface area contributed by atoms with Gasteiger partial charge in [-0.05, 0) is 41.4 Å². The van der Waals surface area contributed by atoms with Gasteiger partial charge in [0.1, 0.15) is 0 Å². The highest BCUT2D eigenvalue weighted by Gasteiger charge is 2.01. The summed E-state index contributed by atoms with van der Waals surface area (Å²) in [6.45, 7) is 2.64. The fourth-order valence-electron chi connectivity index (χ4n) is 2.55. The van der Waals surface area contributed by atoms with Crippen molar-refractivity contribution in [2.45, 2.75) is 13.5 Å². The van der Waals surface area contributed by atoms with Crippen LogP contribution in [0.15, 0.2) is 90.0 Å². The summed E-state index contributed by atoms with van der Waals surface area (Å²) in [5.74, 6) is 0. The van der Waals surface area contributed by atoms with Crippen LogP contribution in [0.4, 0.5) is 0 Å². The maximum absolute atomic E-state index is 5.28. The van der Waals surface area contributed by atoms with E-state index in [0.717, 1.165) is 11.3 Å². The molecule has 0 radical (unpaired) electrons. The highest BCUT2D eigenvalue weighted by molar-refractivity contribution is 7.80. The Hall–Kier alpha value is -2.98. The van der Waals surface area contributed by atoms with Crippen molar-refractivity contribution >= 4 is 23.0 Å². The second-order valence-corrected chi connectivity index (χ2v) is 6.33. The molecule has 0 aliphatic rings. The van der Waals surface area contributed by atoms with Crippen LogP contribution in [0.5, 0.6) is 0 Å². The van der Waals surface area contributed by atoms with Crippen LogP contribution >= 0.6 is 12.2 Å². The molecule has 3 aromatic carbocycles. The molecule has 0 amide bonds. The number of rotatable bonds is 5. The van der Waals surface area contributed by atoms with Gasteiger partial charge in [0.2, 0.25) is 0 Å². The number of nitrogens with zero attached hydrogens (tertiary/aromatic N) is 1. The zero-order valence-electron chi connectivity index (χ0n) is 14.6. The normalized spacial score (nSPS) is 11.0. The van der Waals surface area contributed by atoms with Gasteiger partial charge in [0.15, 0.2) is 5.11 Å². The van der Waals surface area contributed by atoms with Crippen molar-refractivity contribution in [2.24, 2.45) is 5.10 Å². The topological polar surface area (TPSA) is 36.4 Å². The molecule has 3 nitrogen and oxygen atoms in total. The molecule has 130 valence electrons. The molecular weight excluding hydrogens is 338 g/mol. The largest absolute Gasteiger partial charge is 0.357 e. The van der Waals surface area contributed by atoms with E-state index in [9.17, 15) is 0 Å². The summed E-state index contributed by atoms with van der Waals surface area (Å²) in [5.41, 5.74) is 8.42. The molecule has 0 spiro atoms. The lowest BCUT2D eigenvalue weighted by Crippen LogP contribution is -2.32. The predicted molar refractivity (Wildman–Crippen MR) is 113 cm³/mol. The lowest BCUT2D eigenvalue weighted by atomic mass is 10.0. The quantitative estimate of drug-likeness (QED) is 0.392. The van der Waals surface area contributed by atoms with Gasteiger partial charge in [-0.25, -0.2) is 0 Å². The zero-order valence-corrected chi connectivity index (χ0v) is 15.5. The third kappa shape index (κ3) is 5.01. The summed E-state index contributed by atoms with van der Waals surface area (Å²) in [4.78, 5) is 0. The van der Waals surface area contributed by atoms with Gasteiger partial charge < -0.3 is 5.32 Å². The highest BCUT2D eigenvalue weighted by Crippen LogP contribution is 2.19. The highest BCUT2D eigenvalue weighted by atomic mass is 32.1. The van der Waals surface area contributed by atoms with Crippen molar-refractivity contribution in [1.82, 2.24) is 10.7 Å². The maximum atomic E-state index is 5.28. The van der Waals surface area contributed by atoms with E-state index in [2.05, 4.69) is 64.4 Å². The lowest BCUT2D eigenvalue weighted by Gasteiger charge is -2.08. The van der Waals surface area contributed by atoms with Crippen LogP contribution in [0.3, 0.4) is 0 Å². The van der Waals surface area contributed by atoms with Crippen LogP contribution in [0.25, 0.3) is 11.1 Å². The summed E-state index contributed by atoms with van der Waals surface area (Å²) in [6, 6.07) is 28.8. The van der Waals surface area contributed by atoms with Gasteiger partial charge in [0, 0.05) is 6.54 Å². The predicted octanol–water partition coefficient (Wildman–Crippen LogP) is 4.74. The molecule has 0 heterocycles. The monoisotopic (exact) mass is 359 g/mol. The Morgan fingerprint density at radius 1 is 0.808 bits per heavy atom. The number of benzene rings is 3. The van der Waals surface area contributed by atoms with Crippen LogP contribution in [-0.2, 0) is 6.54 Å². The Balaban J connectivity index is 1.56. The second kappa shape index (κ2) is 8.92. The summed E-state index contributed by atoms with van der Waals surface area (Å²) in [5, 5.41) is 8.03. The molecule has 0 aliphatic heterocycles. The van der Waals surface area contributed by atoms with E-state index in [0.29, 0.717) is 11.7 Å². The Morgan fingerprint density at radius 3 is 2.04 bits per heavy atom. The van der Waals surface area contributed by atoms with Gasteiger partial charge in [-0.1, -0.05) is 84.9 Å².